The zero-order valence-corrected chi connectivity index (χ0v) is 13.0. The maximum Gasteiger partial charge on any atom is 0.322 e. The number of anilines is 1. The number of nitrogens with one attached hydrogen (secondary N) is 1. The fourth-order valence-electron chi connectivity index (χ4n) is 3.31. The van der Waals surface area contributed by atoms with E-state index < -0.39 is 0 Å². The van der Waals surface area contributed by atoms with Crippen LogP contribution in [0.3, 0.4) is 0 Å². The van der Waals surface area contributed by atoms with Crippen molar-refractivity contribution in [1.82, 2.24) is 9.47 Å². The highest BCUT2D eigenvalue weighted by Crippen LogP contribution is 2.35. The van der Waals surface area contributed by atoms with E-state index in [1.807, 2.05) is 36.3 Å². The Morgan fingerprint density at radius 2 is 2.13 bits per heavy atom. The molecular formula is C17H19N3O3. The molecule has 0 aliphatic carbocycles. The van der Waals surface area contributed by atoms with E-state index in [1.54, 1.807) is 6.07 Å². The highest BCUT2D eigenvalue weighted by atomic mass is 16.7. The van der Waals surface area contributed by atoms with Crippen LogP contribution in [0.5, 0.6) is 11.5 Å². The topological polar surface area (TPSA) is 55.7 Å². The van der Waals surface area contributed by atoms with Crippen molar-refractivity contribution in [3.05, 3.63) is 42.2 Å². The lowest BCUT2D eigenvalue weighted by atomic mass is 10.1. The highest BCUT2D eigenvalue weighted by molar-refractivity contribution is 5.90. The first-order valence-electron chi connectivity index (χ1n) is 7.81. The molecule has 1 atom stereocenters. The second kappa shape index (κ2) is 5.53. The van der Waals surface area contributed by atoms with Gasteiger partial charge >= 0.3 is 6.03 Å². The number of ether oxygens (including phenoxy) is 2. The summed E-state index contributed by atoms with van der Waals surface area (Å²) in [6.45, 7) is 1.00. The van der Waals surface area contributed by atoms with Crippen molar-refractivity contribution in [1.29, 1.82) is 0 Å². The van der Waals surface area contributed by atoms with Crippen LogP contribution in [0.1, 0.15) is 24.6 Å². The minimum absolute atomic E-state index is 0.0763. The van der Waals surface area contributed by atoms with Gasteiger partial charge in [0.05, 0.1) is 6.04 Å². The Morgan fingerprint density at radius 3 is 2.96 bits per heavy atom. The van der Waals surface area contributed by atoms with Gasteiger partial charge in [0, 0.05) is 37.2 Å². The molecular weight excluding hydrogens is 294 g/mol. The first-order chi connectivity index (χ1) is 11.2. The fourth-order valence-corrected chi connectivity index (χ4v) is 3.31. The molecule has 1 N–H and O–H groups in total. The van der Waals surface area contributed by atoms with Gasteiger partial charge in [-0.05, 0) is 37.1 Å². The molecule has 3 heterocycles. The number of nitrogens with zero attached hydrogens (tertiary/aromatic N) is 2. The average molecular weight is 313 g/mol. The number of urea groups is 1. The summed E-state index contributed by atoms with van der Waals surface area (Å²) in [5.41, 5.74) is 1.89. The fraction of sp³-hybridized carbons (Fsp3) is 0.353. The van der Waals surface area contributed by atoms with Gasteiger partial charge < -0.3 is 24.3 Å². The third-order valence-corrected chi connectivity index (χ3v) is 4.46. The standard InChI is InChI=1S/C17H19N3O3/c1-19-8-2-4-13(19)14-5-3-9-20(14)17(21)18-12-6-7-15-16(10-12)23-11-22-15/h2,4,6-8,10,14H,3,5,9,11H2,1H3,(H,18,21). The molecule has 1 saturated heterocycles. The smallest absolute Gasteiger partial charge is 0.322 e. The normalized spacial score (nSPS) is 19.2. The molecule has 1 unspecified atom stereocenters. The van der Waals surface area contributed by atoms with Crippen LogP contribution in [0.15, 0.2) is 36.5 Å². The van der Waals surface area contributed by atoms with Gasteiger partial charge in [0.2, 0.25) is 6.79 Å². The van der Waals surface area contributed by atoms with Crippen LogP contribution in [0, 0.1) is 0 Å². The van der Waals surface area contributed by atoms with Gasteiger partial charge in [-0.3, -0.25) is 0 Å². The molecule has 2 aromatic rings. The Balaban J connectivity index is 1.51. The number of hydrogen-bond donors (Lipinski definition) is 1. The van der Waals surface area contributed by atoms with E-state index in [1.165, 1.54) is 5.69 Å². The van der Waals surface area contributed by atoms with Crippen LogP contribution < -0.4 is 14.8 Å². The van der Waals surface area contributed by atoms with Crippen molar-refractivity contribution in [3.63, 3.8) is 0 Å². The molecule has 2 amide bonds. The number of aromatic nitrogens is 1. The number of benzene rings is 1. The van der Waals surface area contributed by atoms with E-state index in [0.717, 1.165) is 25.1 Å². The molecule has 4 rings (SSSR count). The molecule has 0 saturated carbocycles. The van der Waals surface area contributed by atoms with Crippen molar-refractivity contribution < 1.29 is 14.3 Å². The molecule has 1 fully saturated rings. The predicted octanol–water partition coefficient (Wildman–Crippen LogP) is 3.12. The Labute approximate surface area is 134 Å². The molecule has 0 bridgehead atoms. The highest BCUT2D eigenvalue weighted by Gasteiger charge is 2.31. The number of fused-ring (bicyclic) bond motifs is 1. The van der Waals surface area contributed by atoms with Crippen LogP contribution in [0.25, 0.3) is 0 Å². The summed E-state index contributed by atoms with van der Waals surface area (Å²) in [7, 11) is 2.02. The summed E-state index contributed by atoms with van der Waals surface area (Å²) >= 11 is 0. The van der Waals surface area contributed by atoms with Gasteiger partial charge in [0.25, 0.3) is 0 Å². The van der Waals surface area contributed by atoms with E-state index in [-0.39, 0.29) is 18.9 Å². The summed E-state index contributed by atoms with van der Waals surface area (Å²) < 4.78 is 12.7. The number of carbonyl (C=O) groups excluding carboxylic acids is 1. The van der Waals surface area contributed by atoms with Gasteiger partial charge in [0.15, 0.2) is 11.5 Å². The van der Waals surface area contributed by atoms with Crippen LogP contribution >= 0.6 is 0 Å². The van der Waals surface area contributed by atoms with E-state index in [4.69, 9.17) is 9.47 Å². The summed E-state index contributed by atoms with van der Waals surface area (Å²) in [5.74, 6) is 1.38. The number of amides is 2. The minimum atomic E-state index is -0.0763. The molecule has 0 spiro atoms. The molecule has 6 heteroatoms. The first-order valence-corrected chi connectivity index (χ1v) is 7.81. The molecule has 120 valence electrons. The molecule has 1 aromatic heterocycles. The number of rotatable bonds is 2. The predicted molar refractivity (Wildman–Crippen MR) is 85.7 cm³/mol. The largest absolute Gasteiger partial charge is 0.454 e. The van der Waals surface area contributed by atoms with E-state index in [0.29, 0.717) is 11.5 Å². The summed E-state index contributed by atoms with van der Waals surface area (Å²) in [6.07, 6.45) is 4.03. The molecule has 0 radical (unpaired) electrons. The summed E-state index contributed by atoms with van der Waals surface area (Å²) in [6, 6.07) is 9.60. The van der Waals surface area contributed by atoms with Crippen LogP contribution in [-0.2, 0) is 7.05 Å². The molecule has 1 aromatic carbocycles. The third kappa shape index (κ3) is 2.50. The Kier molecular flexibility index (Phi) is 3.37. The summed E-state index contributed by atoms with van der Waals surface area (Å²) in [5, 5.41) is 2.97. The van der Waals surface area contributed by atoms with E-state index in [9.17, 15) is 4.79 Å². The van der Waals surface area contributed by atoms with Crippen LogP contribution in [-0.4, -0.2) is 28.8 Å². The van der Waals surface area contributed by atoms with E-state index in [2.05, 4.69) is 16.0 Å². The molecule has 2 aliphatic rings. The number of aryl methyl sites for hydroxylation is 1. The maximum atomic E-state index is 12.7. The summed E-state index contributed by atoms with van der Waals surface area (Å²) in [4.78, 5) is 14.6. The van der Waals surface area contributed by atoms with Crippen molar-refractivity contribution in [2.24, 2.45) is 7.05 Å². The average Bonchev–Trinajstić information content (AvgIpc) is 3.25. The lowest BCUT2D eigenvalue weighted by Gasteiger charge is -2.25. The first kappa shape index (κ1) is 14.0. The number of carbonyl (C=O) groups is 1. The van der Waals surface area contributed by atoms with E-state index >= 15 is 0 Å². The van der Waals surface area contributed by atoms with Gasteiger partial charge in [-0.25, -0.2) is 4.79 Å². The van der Waals surface area contributed by atoms with Gasteiger partial charge in [-0.1, -0.05) is 0 Å². The SMILES string of the molecule is Cn1cccc1C1CCCN1C(=O)Nc1ccc2c(c1)OCO2. The minimum Gasteiger partial charge on any atom is -0.454 e. The monoisotopic (exact) mass is 313 g/mol. The number of likely N-dealkylation sites (tertiary alicyclic amines) is 1. The molecule has 23 heavy (non-hydrogen) atoms. The van der Waals surface area contributed by atoms with Gasteiger partial charge in [-0.15, -0.1) is 0 Å². The zero-order valence-electron chi connectivity index (χ0n) is 13.0. The lowest BCUT2D eigenvalue weighted by molar-refractivity contribution is 0.174. The van der Waals surface area contributed by atoms with Crippen LogP contribution in [0.2, 0.25) is 0 Å². The quantitative estimate of drug-likeness (QED) is 0.927. The molecule has 2 aliphatic heterocycles. The zero-order chi connectivity index (χ0) is 15.8. The second-order valence-corrected chi connectivity index (χ2v) is 5.89. The molecule has 6 nitrogen and oxygen atoms in total. The van der Waals surface area contributed by atoms with Crippen molar-refractivity contribution in [2.75, 3.05) is 18.7 Å². The second-order valence-electron chi connectivity index (χ2n) is 5.89. The maximum absolute atomic E-state index is 12.7. The van der Waals surface area contributed by atoms with Crippen LogP contribution in [0.4, 0.5) is 10.5 Å². The lowest BCUT2D eigenvalue weighted by Crippen LogP contribution is -2.35. The van der Waals surface area contributed by atoms with Gasteiger partial charge in [-0.2, -0.15) is 0 Å². The van der Waals surface area contributed by atoms with Gasteiger partial charge in [0.1, 0.15) is 0 Å². The Morgan fingerprint density at radius 1 is 1.26 bits per heavy atom. The number of hydrogen-bond acceptors (Lipinski definition) is 3. The van der Waals surface area contributed by atoms with Crippen molar-refractivity contribution in [2.45, 2.75) is 18.9 Å². The van der Waals surface area contributed by atoms with Crippen molar-refractivity contribution >= 4 is 11.7 Å². The Bertz CT molecular complexity index is 740. The van der Waals surface area contributed by atoms with Crippen molar-refractivity contribution in [3.8, 4) is 11.5 Å². The Hall–Kier alpha value is -2.63. The third-order valence-electron chi connectivity index (χ3n) is 4.46.